The zero-order valence-electron chi connectivity index (χ0n) is 17.0. The molecule has 1 aromatic carbocycles. The summed E-state index contributed by atoms with van der Waals surface area (Å²) >= 11 is 1.77. The summed E-state index contributed by atoms with van der Waals surface area (Å²) in [6, 6.07) is 9.86. The van der Waals surface area contributed by atoms with Gasteiger partial charge >= 0.3 is 0 Å². The van der Waals surface area contributed by atoms with Crippen molar-refractivity contribution >= 4 is 38.4 Å². The summed E-state index contributed by atoms with van der Waals surface area (Å²) in [5.74, 6) is 0.589. The molecule has 0 spiro atoms. The first-order valence-electron chi connectivity index (χ1n) is 10.2. The SMILES string of the molecule is Cc1nc2sc3c(c2c2nc(NC(C)C)n(-c4ccccc4)c(=O)c12)CCCC3. The Morgan fingerprint density at radius 3 is 2.59 bits per heavy atom. The smallest absolute Gasteiger partial charge is 0.269 e. The van der Waals surface area contributed by atoms with Crippen LogP contribution in [0, 0.1) is 6.92 Å². The molecule has 0 amide bonds. The van der Waals surface area contributed by atoms with Crippen LogP contribution in [0.15, 0.2) is 35.1 Å². The topological polar surface area (TPSA) is 59.8 Å². The Hall–Kier alpha value is -2.73. The lowest BCUT2D eigenvalue weighted by Gasteiger charge is -2.18. The minimum Gasteiger partial charge on any atom is -0.353 e. The predicted molar refractivity (Wildman–Crippen MR) is 121 cm³/mol. The first kappa shape index (κ1) is 18.3. The van der Waals surface area contributed by atoms with Gasteiger partial charge in [0.05, 0.1) is 22.3 Å². The maximum absolute atomic E-state index is 13.7. The van der Waals surface area contributed by atoms with Gasteiger partial charge in [-0.3, -0.25) is 4.79 Å². The highest BCUT2D eigenvalue weighted by Gasteiger charge is 2.24. The fourth-order valence-electron chi connectivity index (χ4n) is 4.28. The van der Waals surface area contributed by atoms with E-state index in [1.54, 1.807) is 15.9 Å². The molecule has 0 unspecified atom stereocenters. The summed E-state index contributed by atoms with van der Waals surface area (Å²) in [7, 11) is 0. The van der Waals surface area contributed by atoms with Crippen molar-refractivity contribution in [1.29, 1.82) is 0 Å². The predicted octanol–water partition coefficient (Wildman–Crippen LogP) is 5.00. The van der Waals surface area contributed by atoms with Crippen molar-refractivity contribution < 1.29 is 0 Å². The Labute approximate surface area is 173 Å². The molecule has 0 aliphatic heterocycles. The number of fused-ring (bicyclic) bond motifs is 5. The number of hydrogen-bond acceptors (Lipinski definition) is 5. The van der Waals surface area contributed by atoms with E-state index in [4.69, 9.17) is 9.97 Å². The van der Waals surface area contributed by atoms with Crippen molar-refractivity contribution in [3.8, 4) is 5.69 Å². The highest BCUT2D eigenvalue weighted by Crippen LogP contribution is 2.39. The second-order valence-corrected chi connectivity index (χ2v) is 9.11. The van der Waals surface area contributed by atoms with E-state index >= 15 is 0 Å². The summed E-state index contributed by atoms with van der Waals surface area (Å²) < 4.78 is 1.68. The van der Waals surface area contributed by atoms with E-state index in [0.29, 0.717) is 11.3 Å². The number of aryl methyl sites for hydroxylation is 3. The van der Waals surface area contributed by atoms with E-state index in [2.05, 4.69) is 19.2 Å². The summed E-state index contributed by atoms with van der Waals surface area (Å²) in [6.45, 7) is 6.05. The van der Waals surface area contributed by atoms with Crippen LogP contribution in [-0.2, 0) is 12.8 Å². The van der Waals surface area contributed by atoms with Crippen LogP contribution in [0.3, 0.4) is 0 Å². The second kappa shape index (κ2) is 6.95. The van der Waals surface area contributed by atoms with E-state index in [9.17, 15) is 4.79 Å². The highest BCUT2D eigenvalue weighted by molar-refractivity contribution is 7.19. The number of nitrogens with zero attached hydrogens (tertiary/aromatic N) is 3. The van der Waals surface area contributed by atoms with Crippen molar-refractivity contribution in [2.75, 3.05) is 5.32 Å². The van der Waals surface area contributed by atoms with Gasteiger partial charge in [-0.05, 0) is 64.2 Å². The lowest BCUT2D eigenvalue weighted by atomic mass is 9.96. The van der Waals surface area contributed by atoms with Crippen molar-refractivity contribution in [2.24, 2.45) is 0 Å². The molecule has 4 aromatic rings. The highest BCUT2D eigenvalue weighted by atomic mass is 32.1. The van der Waals surface area contributed by atoms with Crippen LogP contribution in [-0.4, -0.2) is 20.6 Å². The van der Waals surface area contributed by atoms with Gasteiger partial charge in [0.15, 0.2) is 0 Å². The van der Waals surface area contributed by atoms with Gasteiger partial charge in [-0.15, -0.1) is 11.3 Å². The van der Waals surface area contributed by atoms with Crippen LogP contribution in [0.5, 0.6) is 0 Å². The molecule has 148 valence electrons. The van der Waals surface area contributed by atoms with Crippen LogP contribution in [0.1, 0.15) is 42.8 Å². The third-order valence-corrected chi connectivity index (χ3v) is 6.72. The number of anilines is 1. The average molecular weight is 405 g/mol. The van der Waals surface area contributed by atoms with Crippen molar-refractivity contribution in [2.45, 2.75) is 52.5 Å². The largest absolute Gasteiger partial charge is 0.353 e. The molecule has 0 bridgehead atoms. The Morgan fingerprint density at radius 2 is 1.83 bits per heavy atom. The van der Waals surface area contributed by atoms with Crippen LogP contribution in [0.4, 0.5) is 5.95 Å². The summed E-state index contributed by atoms with van der Waals surface area (Å²) in [5.41, 5.74) is 3.65. The molecule has 3 heterocycles. The van der Waals surface area contributed by atoms with E-state index in [1.807, 2.05) is 37.3 Å². The van der Waals surface area contributed by atoms with Crippen LogP contribution < -0.4 is 10.9 Å². The lowest BCUT2D eigenvalue weighted by Crippen LogP contribution is -2.26. The van der Waals surface area contributed by atoms with E-state index in [-0.39, 0.29) is 11.6 Å². The number of benzene rings is 1. The van der Waals surface area contributed by atoms with Crippen LogP contribution in [0.2, 0.25) is 0 Å². The number of hydrogen-bond donors (Lipinski definition) is 1. The number of aromatic nitrogens is 3. The van der Waals surface area contributed by atoms with Crippen molar-refractivity contribution in [3.05, 3.63) is 56.8 Å². The molecule has 1 N–H and O–H groups in total. The molecule has 0 atom stereocenters. The van der Waals surface area contributed by atoms with Gasteiger partial charge in [-0.25, -0.2) is 14.5 Å². The molecule has 3 aromatic heterocycles. The van der Waals surface area contributed by atoms with Gasteiger partial charge in [-0.1, -0.05) is 18.2 Å². The number of para-hydroxylation sites is 1. The molecule has 5 rings (SSSR count). The van der Waals surface area contributed by atoms with E-state index in [1.165, 1.54) is 23.3 Å². The van der Waals surface area contributed by atoms with Crippen molar-refractivity contribution in [3.63, 3.8) is 0 Å². The lowest BCUT2D eigenvalue weighted by molar-refractivity contribution is 0.700. The Morgan fingerprint density at radius 1 is 1.07 bits per heavy atom. The zero-order valence-corrected chi connectivity index (χ0v) is 17.8. The summed E-state index contributed by atoms with van der Waals surface area (Å²) in [6.07, 6.45) is 4.57. The quantitative estimate of drug-likeness (QED) is 0.522. The molecule has 6 heteroatoms. The average Bonchev–Trinajstić information content (AvgIpc) is 3.06. The minimum absolute atomic E-state index is 0.0630. The van der Waals surface area contributed by atoms with E-state index < -0.39 is 0 Å². The zero-order chi connectivity index (χ0) is 20.1. The molecule has 29 heavy (non-hydrogen) atoms. The normalized spacial score (nSPS) is 13.9. The standard InChI is InChI=1S/C23H24N4OS/c1-13(2)24-23-26-20-18(22(28)27(23)15-9-5-4-6-10-15)14(3)25-21-19(20)16-11-7-8-12-17(16)29-21/h4-6,9-10,13H,7-8,11-12H2,1-3H3,(H,24,26). The number of nitrogens with one attached hydrogen (secondary N) is 1. The maximum atomic E-state index is 13.7. The fourth-order valence-corrected chi connectivity index (χ4v) is 5.59. The van der Waals surface area contributed by atoms with Crippen LogP contribution >= 0.6 is 11.3 Å². The molecular weight excluding hydrogens is 380 g/mol. The van der Waals surface area contributed by atoms with Crippen molar-refractivity contribution in [1.82, 2.24) is 14.5 Å². The first-order valence-corrected chi connectivity index (χ1v) is 11.1. The summed E-state index contributed by atoms with van der Waals surface area (Å²) in [5, 5.41) is 5.11. The molecule has 0 fully saturated rings. The minimum atomic E-state index is -0.0630. The van der Waals surface area contributed by atoms with Gasteiger partial charge in [0.1, 0.15) is 4.83 Å². The van der Waals surface area contributed by atoms with Gasteiger partial charge in [-0.2, -0.15) is 0 Å². The maximum Gasteiger partial charge on any atom is 0.269 e. The van der Waals surface area contributed by atoms with E-state index in [0.717, 1.165) is 40.0 Å². The molecule has 0 radical (unpaired) electrons. The third kappa shape index (κ3) is 2.94. The van der Waals surface area contributed by atoms with Gasteiger partial charge in [0.25, 0.3) is 5.56 Å². The first-order chi connectivity index (χ1) is 14.0. The second-order valence-electron chi connectivity index (χ2n) is 8.02. The fraction of sp³-hybridized carbons (Fsp3) is 0.348. The molecule has 0 saturated heterocycles. The monoisotopic (exact) mass is 404 g/mol. The summed E-state index contributed by atoms with van der Waals surface area (Å²) in [4.78, 5) is 26.0. The number of pyridine rings is 1. The molecular formula is C23H24N4OS. The molecule has 1 aliphatic rings. The molecule has 0 saturated carbocycles. The number of rotatable bonds is 3. The van der Waals surface area contributed by atoms with Gasteiger partial charge in [0.2, 0.25) is 5.95 Å². The Kier molecular flexibility index (Phi) is 4.39. The third-order valence-electron chi connectivity index (χ3n) is 5.54. The van der Waals surface area contributed by atoms with Crippen LogP contribution in [0.25, 0.3) is 26.8 Å². The number of thiophene rings is 1. The molecule has 1 aliphatic carbocycles. The van der Waals surface area contributed by atoms with Gasteiger partial charge in [0, 0.05) is 16.3 Å². The Bertz CT molecular complexity index is 1290. The van der Waals surface area contributed by atoms with Gasteiger partial charge < -0.3 is 5.32 Å². The Balaban J connectivity index is 1.92. The molecule has 5 nitrogen and oxygen atoms in total.